The van der Waals surface area contributed by atoms with Crippen molar-refractivity contribution in [3.05, 3.63) is 0 Å². The number of rotatable bonds is 0. The Kier molecular flexibility index (Phi) is 24.8. The van der Waals surface area contributed by atoms with E-state index in [2.05, 4.69) is 187 Å². The van der Waals surface area contributed by atoms with E-state index in [9.17, 15) is 0 Å². The molecule has 0 rings (SSSR count). The summed E-state index contributed by atoms with van der Waals surface area (Å²) in [7, 11) is -1.17. The summed E-state index contributed by atoms with van der Waals surface area (Å²) in [4.78, 5) is 0. The summed E-state index contributed by atoms with van der Waals surface area (Å²) >= 11 is 6.00. The minimum atomic E-state index is -0.391. The first kappa shape index (κ1) is 54.7. The van der Waals surface area contributed by atoms with Crippen LogP contribution in [0, 0.1) is 0 Å². The van der Waals surface area contributed by atoms with Gasteiger partial charge in [0.05, 0.1) is 26.4 Å². The molecule has 0 aromatic rings. The zero-order valence-corrected chi connectivity index (χ0v) is 44.8. The van der Waals surface area contributed by atoms with Crippen molar-refractivity contribution in [2.75, 3.05) is 0 Å². The summed E-state index contributed by atoms with van der Waals surface area (Å²) in [6, 6.07) is 0. The van der Waals surface area contributed by atoms with E-state index in [1.165, 1.54) is 0 Å². The second kappa shape index (κ2) is 19.5. The van der Waals surface area contributed by atoms with Gasteiger partial charge in [0, 0.05) is 0 Å². The van der Waals surface area contributed by atoms with Crippen LogP contribution in [0.2, 0.25) is 51.1 Å². The zero-order chi connectivity index (χ0) is 37.2. The van der Waals surface area contributed by atoms with E-state index in [1.54, 1.807) is 0 Å². The van der Waals surface area contributed by atoms with E-state index in [0.29, 0.717) is 45.3 Å². The Balaban J connectivity index is -0.000000158. The van der Waals surface area contributed by atoms with Crippen LogP contribution in [0.3, 0.4) is 0 Å². The van der Waals surface area contributed by atoms with Gasteiger partial charge in [-0.15, -0.1) is 0 Å². The molecule has 0 bridgehead atoms. The fraction of sp³-hybridized carbons (Fsp3) is 1.00. The van der Waals surface area contributed by atoms with Gasteiger partial charge in [0.1, 0.15) is 0 Å². The Bertz CT molecular complexity index is 514. The van der Waals surface area contributed by atoms with Gasteiger partial charge >= 0.3 is 50.3 Å². The molecule has 0 aromatic heterocycles. The first-order valence-electron chi connectivity index (χ1n) is 16.5. The maximum atomic E-state index is 2.40. The van der Waals surface area contributed by atoms with E-state index in [4.69, 9.17) is 0 Å². The third kappa shape index (κ3) is 25.0. The Morgan fingerprint density at radius 3 is 0.256 bits per heavy atom. The summed E-state index contributed by atoms with van der Waals surface area (Å²) in [5.41, 5.74) is 0. The topological polar surface area (TPSA) is 0 Å². The first-order chi connectivity index (χ1) is 18.1. The quantitative estimate of drug-likeness (QED) is 0.213. The van der Waals surface area contributed by atoms with Gasteiger partial charge in [-0.3, -0.25) is 0 Å². The molecule has 6 heteroatoms. The predicted molar refractivity (Wildman–Crippen MR) is 218 cm³/mol. The Morgan fingerprint density at radius 2 is 0.256 bits per heavy atom. The van der Waals surface area contributed by atoms with Gasteiger partial charge in [0.2, 0.25) is 0 Å². The van der Waals surface area contributed by atoms with Crippen molar-refractivity contribution < 1.29 is 0 Å². The SMILES string of the molecule is CC(C)(C)[Si](C(C)(C)C)C(C)(C)C.CC(C)(C)[Si](C(C)(C)C)C(C)(C)C.CC(C)(C)[Si](C(C)(C)C)C(C)(C)C.[CH3][Ge].[Ge]=[Ge]. The van der Waals surface area contributed by atoms with Crippen LogP contribution >= 0.6 is 0 Å². The summed E-state index contributed by atoms with van der Waals surface area (Å²) in [6.07, 6.45) is 0. The van der Waals surface area contributed by atoms with E-state index >= 15 is 0 Å². The molecular weight excluding hydrogens is 746 g/mol. The summed E-state index contributed by atoms with van der Waals surface area (Å²) in [5.74, 6) is 2.00. The van der Waals surface area contributed by atoms with Crippen molar-refractivity contribution in [1.82, 2.24) is 0 Å². The summed E-state index contributed by atoms with van der Waals surface area (Å²) in [6.45, 7) is 64.8. The molecule has 0 aliphatic carbocycles. The molecule has 0 amide bonds. The van der Waals surface area contributed by atoms with Crippen molar-refractivity contribution in [2.24, 2.45) is 0 Å². The fourth-order valence-electron chi connectivity index (χ4n) is 10.1. The second-order valence-electron chi connectivity index (χ2n) is 21.4. The van der Waals surface area contributed by atoms with Gasteiger partial charge < -0.3 is 0 Å². The molecular formula is C37H84Ge3Si3. The summed E-state index contributed by atoms with van der Waals surface area (Å²) < 4.78 is 0. The molecule has 0 aliphatic rings. The van der Waals surface area contributed by atoms with Crippen LogP contribution in [0.25, 0.3) is 0 Å². The van der Waals surface area contributed by atoms with Crippen molar-refractivity contribution >= 4 is 70.9 Å². The van der Waals surface area contributed by atoms with Crippen molar-refractivity contribution in [3.63, 3.8) is 0 Å². The molecule has 0 saturated heterocycles. The fourth-order valence-corrected chi connectivity index (χ4v) is 30.4. The van der Waals surface area contributed by atoms with Gasteiger partial charge in [0.25, 0.3) is 0 Å². The van der Waals surface area contributed by atoms with Crippen LogP contribution in [0.5, 0.6) is 0 Å². The predicted octanol–water partition coefficient (Wildman–Crippen LogP) is 14.1. The molecule has 0 heterocycles. The third-order valence-electron chi connectivity index (χ3n) is 6.75. The van der Waals surface area contributed by atoms with Crippen LogP contribution in [0.15, 0.2) is 0 Å². The first-order valence-corrected chi connectivity index (χ1v) is 29.6. The van der Waals surface area contributed by atoms with Gasteiger partial charge in [-0.1, -0.05) is 187 Å². The molecule has 0 atom stereocenters. The molecule has 0 aromatic carbocycles. The second-order valence-corrected chi connectivity index (χ2v) is 37.1. The Labute approximate surface area is 306 Å². The van der Waals surface area contributed by atoms with Gasteiger partial charge in [0.15, 0.2) is 0 Å². The van der Waals surface area contributed by atoms with Gasteiger partial charge in [-0.05, 0) is 45.3 Å². The average molecular weight is 831 g/mol. The molecule has 0 spiro atoms. The molecule has 0 saturated carbocycles. The van der Waals surface area contributed by atoms with Crippen molar-refractivity contribution in [1.29, 1.82) is 0 Å². The van der Waals surface area contributed by atoms with Crippen LogP contribution in [0.4, 0.5) is 0 Å². The minimum absolute atomic E-state index is 0.391. The molecule has 0 nitrogen and oxygen atoms in total. The maximum absolute atomic E-state index is 2.40. The van der Waals surface area contributed by atoms with E-state index < -0.39 is 26.4 Å². The van der Waals surface area contributed by atoms with Crippen LogP contribution in [-0.2, 0) is 0 Å². The molecule has 256 valence electrons. The Morgan fingerprint density at radius 1 is 0.209 bits per heavy atom. The monoisotopic (exact) mass is 834 g/mol. The molecule has 0 fully saturated rings. The van der Waals surface area contributed by atoms with Gasteiger partial charge in [-0.2, -0.15) is 0 Å². The van der Waals surface area contributed by atoms with E-state index in [-0.39, 0.29) is 0 Å². The number of hydrogen-bond donors (Lipinski definition) is 0. The van der Waals surface area contributed by atoms with Crippen LogP contribution in [0.1, 0.15) is 187 Å². The number of hydrogen-bond acceptors (Lipinski definition) is 0. The molecule has 0 unspecified atom stereocenters. The van der Waals surface area contributed by atoms with Crippen molar-refractivity contribution in [3.8, 4) is 0 Å². The zero-order valence-electron chi connectivity index (χ0n) is 35.5. The molecule has 0 aliphatic heterocycles. The van der Waals surface area contributed by atoms with E-state index in [1.807, 2.05) is 50.3 Å². The molecule has 43 heavy (non-hydrogen) atoms. The Hall–Kier alpha value is 2.28. The average Bonchev–Trinajstić information content (AvgIpc) is 2.53. The normalized spacial score (nSPS) is 14.0. The molecule has 0 N–H and O–H groups in total. The molecule has 10 radical (unpaired) electrons. The van der Waals surface area contributed by atoms with Crippen LogP contribution < -0.4 is 0 Å². The standard InChI is InChI=1S/3C12H27Si.CH3Ge.Ge2/c3*1-10(2,3)13(11(4,5)6)12(7,8)9;2*1-2/h3*1-9H3;1H3;. The van der Waals surface area contributed by atoms with Gasteiger partial charge in [-0.25, -0.2) is 0 Å². The van der Waals surface area contributed by atoms with Crippen LogP contribution in [-0.4, -0.2) is 70.9 Å². The van der Waals surface area contributed by atoms with Crippen molar-refractivity contribution in [2.45, 2.75) is 238 Å². The third-order valence-corrected chi connectivity index (χ3v) is 20.2. The summed E-state index contributed by atoms with van der Waals surface area (Å²) in [5, 5.41) is 4.39. The van der Waals surface area contributed by atoms with E-state index in [0.717, 1.165) is 0 Å².